The lowest BCUT2D eigenvalue weighted by atomic mass is 10.1. The number of benzene rings is 1. The molecule has 15 heteroatoms. The molecule has 1 aromatic carbocycles. The highest BCUT2D eigenvalue weighted by Gasteiger charge is 2.48. The van der Waals surface area contributed by atoms with Crippen LogP contribution in [0, 0.1) is 5.82 Å². The van der Waals surface area contributed by atoms with E-state index in [0.717, 1.165) is 4.90 Å². The standard InChI is InChI=1S/C13H17F3N4O2.C7H13NO3.C6H4ClF/c1-17-11-5-8(3-4-18-11)9(7-22-2)20-6-10(13(14,15)16)19-12(20)21;1-7(2,3)11-6(10)8-4-5-9;7-5-3-1-2-4-6(5)8/h3-5,9-10H,6-7H2,1-2H3,(H,17,18)(H,19,21);5H,4H2,1-3H3,(H,8,10);1-4H. The number of methoxy groups -OCH3 is 1. The van der Waals surface area contributed by atoms with E-state index in [9.17, 15) is 31.9 Å². The lowest BCUT2D eigenvalue weighted by Crippen LogP contribution is -2.40. The Morgan fingerprint density at radius 2 is 1.93 bits per heavy atom. The predicted octanol–water partition coefficient (Wildman–Crippen LogP) is 4.96. The lowest BCUT2D eigenvalue weighted by molar-refractivity contribution is -0.150. The van der Waals surface area contributed by atoms with Crippen molar-refractivity contribution in [2.45, 2.75) is 44.6 Å². The van der Waals surface area contributed by atoms with Gasteiger partial charge in [0.25, 0.3) is 0 Å². The average molecular weight is 608 g/mol. The summed E-state index contributed by atoms with van der Waals surface area (Å²) in [6.45, 7) is 4.90. The van der Waals surface area contributed by atoms with Crippen LogP contribution < -0.4 is 16.0 Å². The summed E-state index contributed by atoms with van der Waals surface area (Å²) in [5, 5.41) is 7.24. The first-order chi connectivity index (χ1) is 19.1. The number of carbonyl (C=O) groups is 3. The summed E-state index contributed by atoms with van der Waals surface area (Å²) in [4.78, 5) is 37.6. The quantitative estimate of drug-likeness (QED) is 0.301. The zero-order chi connectivity index (χ0) is 31.2. The first kappa shape index (κ1) is 35.4. The number of pyridine rings is 1. The number of halogens is 5. The summed E-state index contributed by atoms with van der Waals surface area (Å²) >= 11 is 5.33. The Hall–Kier alpha value is -3.65. The van der Waals surface area contributed by atoms with Crippen molar-refractivity contribution in [1.82, 2.24) is 20.5 Å². The molecule has 3 rings (SSSR count). The molecule has 1 aromatic heterocycles. The Labute approximate surface area is 240 Å². The maximum Gasteiger partial charge on any atom is 0.410 e. The molecule has 1 fully saturated rings. The number of carbonyl (C=O) groups excluding carboxylic acids is 3. The van der Waals surface area contributed by atoms with E-state index in [4.69, 9.17) is 21.1 Å². The number of alkyl halides is 3. The van der Waals surface area contributed by atoms with Crippen LogP contribution in [0.1, 0.15) is 32.4 Å². The molecule has 1 aliphatic rings. The van der Waals surface area contributed by atoms with Gasteiger partial charge in [0.15, 0.2) is 0 Å². The molecule has 2 atom stereocenters. The third-order valence-electron chi connectivity index (χ3n) is 5.01. The monoisotopic (exact) mass is 607 g/mol. The molecule has 1 aliphatic heterocycles. The van der Waals surface area contributed by atoms with E-state index >= 15 is 0 Å². The van der Waals surface area contributed by atoms with Gasteiger partial charge in [-0.25, -0.2) is 19.0 Å². The Balaban J connectivity index is 0.000000366. The van der Waals surface area contributed by atoms with Gasteiger partial charge in [0.05, 0.1) is 30.8 Å². The van der Waals surface area contributed by atoms with E-state index in [-0.39, 0.29) is 24.0 Å². The molecule has 228 valence electrons. The van der Waals surface area contributed by atoms with E-state index < -0.39 is 42.5 Å². The summed E-state index contributed by atoms with van der Waals surface area (Å²) in [5.41, 5.74) is 0.145. The third kappa shape index (κ3) is 13.0. The maximum absolute atomic E-state index is 12.8. The maximum atomic E-state index is 12.8. The number of amides is 3. The van der Waals surface area contributed by atoms with Crippen LogP contribution in [0.15, 0.2) is 42.6 Å². The SMILES string of the molecule is CC(C)(C)OC(=O)NCC=O.CNc1cc(C(COC)N2CC(C(F)(F)F)NC2=O)ccn1.Fc1ccccc1Cl. The second kappa shape index (κ2) is 16.6. The molecular weight excluding hydrogens is 574 g/mol. The summed E-state index contributed by atoms with van der Waals surface area (Å²) in [5.74, 6) is 0.194. The number of ether oxygens (including phenoxy) is 2. The van der Waals surface area contributed by atoms with Crippen LogP contribution in [0.5, 0.6) is 0 Å². The summed E-state index contributed by atoms with van der Waals surface area (Å²) in [6, 6.07) is 6.20. The smallest absolute Gasteiger partial charge is 0.410 e. The second-order valence-electron chi connectivity index (χ2n) is 9.36. The minimum atomic E-state index is -4.48. The fourth-order valence-electron chi connectivity index (χ4n) is 3.20. The van der Waals surface area contributed by atoms with Crippen molar-refractivity contribution in [3.8, 4) is 0 Å². The van der Waals surface area contributed by atoms with E-state index in [1.165, 1.54) is 25.4 Å². The van der Waals surface area contributed by atoms with Gasteiger partial charge in [-0.15, -0.1) is 0 Å². The fourth-order valence-corrected chi connectivity index (χ4v) is 3.34. The Bertz CT molecular complexity index is 1110. The van der Waals surface area contributed by atoms with Crippen LogP contribution in [0.3, 0.4) is 0 Å². The molecule has 2 unspecified atom stereocenters. The summed E-state index contributed by atoms with van der Waals surface area (Å²) in [6.07, 6.45) is -2.91. The van der Waals surface area contributed by atoms with Crippen LogP contribution in [-0.2, 0) is 14.3 Å². The summed E-state index contributed by atoms with van der Waals surface area (Å²) < 4.78 is 60.4. The van der Waals surface area contributed by atoms with Gasteiger partial charge in [-0.2, -0.15) is 13.2 Å². The minimum Gasteiger partial charge on any atom is -0.444 e. The lowest BCUT2D eigenvalue weighted by Gasteiger charge is -2.27. The molecule has 0 spiro atoms. The topological polar surface area (TPSA) is 122 Å². The number of aldehydes is 1. The number of nitrogens with one attached hydrogen (secondary N) is 3. The molecule has 0 bridgehead atoms. The van der Waals surface area contributed by atoms with Gasteiger partial charge in [-0.05, 0) is 50.6 Å². The van der Waals surface area contributed by atoms with E-state index in [2.05, 4.69) is 15.6 Å². The largest absolute Gasteiger partial charge is 0.444 e. The van der Waals surface area contributed by atoms with Crippen molar-refractivity contribution in [2.75, 3.05) is 39.2 Å². The van der Waals surface area contributed by atoms with Crippen molar-refractivity contribution in [3.05, 3.63) is 59.0 Å². The van der Waals surface area contributed by atoms with Gasteiger partial charge in [0.1, 0.15) is 29.6 Å². The molecule has 2 aromatic rings. The molecule has 0 radical (unpaired) electrons. The average Bonchev–Trinajstić information content (AvgIpc) is 3.29. The number of nitrogens with zero attached hydrogens (tertiary/aromatic N) is 2. The highest BCUT2D eigenvalue weighted by molar-refractivity contribution is 6.30. The Morgan fingerprint density at radius 1 is 1.27 bits per heavy atom. The van der Waals surface area contributed by atoms with Crippen LogP contribution in [0.4, 0.5) is 33.0 Å². The molecule has 10 nitrogen and oxygen atoms in total. The Kier molecular flexibility index (Phi) is 14.3. The molecular formula is C26H34ClF4N5O5. The number of hydrogen-bond acceptors (Lipinski definition) is 7. The zero-order valence-electron chi connectivity index (χ0n) is 23.2. The van der Waals surface area contributed by atoms with Crippen molar-refractivity contribution in [2.24, 2.45) is 0 Å². The number of anilines is 1. The molecule has 3 amide bonds. The first-order valence-corrected chi connectivity index (χ1v) is 12.6. The number of aromatic nitrogens is 1. The van der Waals surface area contributed by atoms with E-state index in [0.29, 0.717) is 17.7 Å². The highest BCUT2D eigenvalue weighted by atomic mass is 35.5. The first-order valence-electron chi connectivity index (χ1n) is 12.2. The molecule has 41 heavy (non-hydrogen) atoms. The number of rotatable bonds is 7. The van der Waals surface area contributed by atoms with Crippen LogP contribution >= 0.6 is 11.6 Å². The number of urea groups is 1. The summed E-state index contributed by atoms with van der Waals surface area (Å²) in [7, 11) is 3.11. The fraction of sp³-hybridized carbons (Fsp3) is 0.462. The van der Waals surface area contributed by atoms with Crippen molar-refractivity contribution < 1.29 is 41.4 Å². The Morgan fingerprint density at radius 3 is 2.39 bits per heavy atom. The van der Waals surface area contributed by atoms with Gasteiger partial charge in [0.2, 0.25) is 0 Å². The van der Waals surface area contributed by atoms with Crippen LogP contribution in [0.2, 0.25) is 5.02 Å². The van der Waals surface area contributed by atoms with Gasteiger partial charge < -0.3 is 35.1 Å². The van der Waals surface area contributed by atoms with Crippen LogP contribution in [-0.4, -0.2) is 80.0 Å². The van der Waals surface area contributed by atoms with Gasteiger partial charge in [-0.3, -0.25) is 0 Å². The van der Waals surface area contributed by atoms with Crippen molar-refractivity contribution in [1.29, 1.82) is 0 Å². The minimum absolute atomic E-state index is 0.00505. The van der Waals surface area contributed by atoms with Crippen molar-refractivity contribution >= 4 is 35.8 Å². The van der Waals surface area contributed by atoms with Crippen molar-refractivity contribution in [3.63, 3.8) is 0 Å². The van der Waals surface area contributed by atoms with E-state index in [1.54, 1.807) is 52.1 Å². The second-order valence-corrected chi connectivity index (χ2v) is 9.76. The number of alkyl carbamates (subject to hydrolysis) is 1. The molecule has 0 aliphatic carbocycles. The van der Waals surface area contributed by atoms with Crippen LogP contribution in [0.25, 0.3) is 0 Å². The molecule has 0 saturated carbocycles. The molecule has 2 heterocycles. The number of hydrogen-bond donors (Lipinski definition) is 3. The predicted molar refractivity (Wildman–Crippen MR) is 145 cm³/mol. The van der Waals surface area contributed by atoms with Gasteiger partial charge in [0, 0.05) is 20.4 Å². The van der Waals surface area contributed by atoms with Gasteiger partial charge in [-0.1, -0.05) is 23.7 Å². The highest BCUT2D eigenvalue weighted by Crippen LogP contribution is 2.30. The van der Waals surface area contributed by atoms with E-state index in [1.807, 2.05) is 5.32 Å². The molecule has 1 saturated heterocycles. The van der Waals surface area contributed by atoms with Gasteiger partial charge >= 0.3 is 18.3 Å². The zero-order valence-corrected chi connectivity index (χ0v) is 24.0. The molecule has 3 N–H and O–H groups in total. The normalized spacial score (nSPS) is 15.3. The third-order valence-corrected chi connectivity index (χ3v) is 5.32.